The van der Waals surface area contributed by atoms with Gasteiger partial charge >= 0.3 is 53.3 Å². The molecule has 0 atom stereocenters. The molecule has 3 rings (SSSR count). The number of rotatable bonds is 0. The number of aromatic nitrogens is 1. The zero-order valence-electron chi connectivity index (χ0n) is 9.21. The molecule has 0 unspecified atom stereocenters. The second kappa shape index (κ2) is 6.29. The molecule has 0 saturated carbocycles. The molecular weight excluding hydrogens is 386 g/mol. The number of fused-ring (bicyclic) bond motifs is 1. The monoisotopic (exact) mass is 399 g/mol. The Morgan fingerprint density at radius 2 is 1.35 bits per heavy atom. The van der Waals surface area contributed by atoms with Crippen LogP contribution in [0.15, 0.2) is 73.1 Å². The summed E-state index contributed by atoms with van der Waals surface area (Å²) in [7, 11) is 0. The van der Waals surface area contributed by atoms with Crippen LogP contribution in [0.5, 0.6) is 0 Å². The van der Waals surface area contributed by atoms with E-state index in [1.54, 1.807) is 0 Å². The van der Waals surface area contributed by atoms with Crippen LogP contribution in [-0.4, -0.2) is 4.98 Å². The van der Waals surface area contributed by atoms with Crippen LogP contribution in [0.1, 0.15) is 0 Å². The third kappa shape index (κ3) is 3.77. The van der Waals surface area contributed by atoms with E-state index < -0.39 is 0 Å². The molecular formula is C15H12IrN. The minimum absolute atomic E-state index is 1.20. The Morgan fingerprint density at radius 1 is 0.706 bits per heavy atom. The van der Waals surface area contributed by atoms with Gasteiger partial charge in [0.15, 0.2) is 0 Å². The normalized spacial score (nSPS) is 9.53. The molecule has 0 fully saturated rings. The predicted octanol–water partition coefficient (Wildman–Crippen LogP) is 3.09. The molecule has 1 heterocycles. The third-order valence-corrected chi connectivity index (χ3v) is 3.07. The topological polar surface area (TPSA) is 12.9 Å². The van der Waals surface area contributed by atoms with Crippen molar-refractivity contribution in [3.63, 3.8) is 0 Å². The van der Waals surface area contributed by atoms with Gasteiger partial charge in [0.25, 0.3) is 0 Å². The quantitative estimate of drug-likeness (QED) is 0.567. The fraction of sp³-hybridized carbons (Fsp3) is 0. The number of hydrogen-bond acceptors (Lipinski definition) is 1. The summed E-state index contributed by atoms with van der Waals surface area (Å²) in [6.45, 7) is 0. The second-order valence-corrected chi connectivity index (χ2v) is 4.88. The van der Waals surface area contributed by atoms with Crippen molar-refractivity contribution in [1.82, 2.24) is 4.98 Å². The van der Waals surface area contributed by atoms with E-state index in [-0.39, 0.29) is 0 Å². The Balaban J connectivity index is 0.000000136. The fourth-order valence-corrected chi connectivity index (χ4v) is 1.89. The van der Waals surface area contributed by atoms with Crippen LogP contribution in [0.4, 0.5) is 0 Å². The summed E-state index contributed by atoms with van der Waals surface area (Å²) in [6, 6.07) is 20.5. The summed E-state index contributed by atoms with van der Waals surface area (Å²) in [5, 5.41) is 2.45. The van der Waals surface area contributed by atoms with Gasteiger partial charge in [-0.3, -0.25) is 4.98 Å². The van der Waals surface area contributed by atoms with Crippen molar-refractivity contribution < 1.29 is 18.9 Å². The average molecular weight is 398 g/mol. The van der Waals surface area contributed by atoms with Gasteiger partial charge in [0.2, 0.25) is 0 Å². The first-order valence-electron chi connectivity index (χ1n) is 5.33. The van der Waals surface area contributed by atoms with Gasteiger partial charge in [-0.1, -0.05) is 24.3 Å². The number of nitrogens with zero attached hydrogens (tertiary/aromatic N) is 1. The molecule has 0 spiro atoms. The summed E-state index contributed by atoms with van der Waals surface area (Å²) < 4.78 is 1.32. The van der Waals surface area contributed by atoms with E-state index in [4.69, 9.17) is 0 Å². The van der Waals surface area contributed by atoms with Crippen LogP contribution in [-0.2, 0) is 18.9 Å². The molecule has 2 aromatic carbocycles. The van der Waals surface area contributed by atoms with E-state index in [0.717, 1.165) is 0 Å². The van der Waals surface area contributed by atoms with Gasteiger partial charge in [-0.25, -0.2) is 0 Å². The zero-order chi connectivity index (χ0) is 11.9. The summed E-state index contributed by atoms with van der Waals surface area (Å²) >= 11 is 2.08. The maximum absolute atomic E-state index is 4.01. The molecule has 0 N–H and O–H groups in total. The van der Waals surface area contributed by atoms with Crippen LogP contribution >= 0.6 is 0 Å². The van der Waals surface area contributed by atoms with Gasteiger partial charge in [-0.2, -0.15) is 0 Å². The van der Waals surface area contributed by atoms with Crippen LogP contribution in [0.3, 0.4) is 0 Å². The Hall–Kier alpha value is -1.50. The van der Waals surface area contributed by atoms with Gasteiger partial charge in [0.1, 0.15) is 0 Å². The van der Waals surface area contributed by atoms with Crippen molar-refractivity contribution in [2.24, 2.45) is 0 Å². The molecule has 0 radical (unpaired) electrons. The van der Waals surface area contributed by atoms with E-state index in [1.165, 1.54) is 14.8 Å². The third-order valence-electron chi connectivity index (χ3n) is 2.27. The first-order valence-corrected chi connectivity index (χ1v) is 6.53. The summed E-state index contributed by atoms with van der Waals surface area (Å²) in [6.07, 6.45) is 3.68. The molecule has 0 aliphatic carbocycles. The molecule has 0 saturated heterocycles. The minimum atomic E-state index is 1.20. The van der Waals surface area contributed by atoms with Crippen LogP contribution in [0.2, 0.25) is 0 Å². The maximum atomic E-state index is 4.01. The van der Waals surface area contributed by atoms with Crippen molar-refractivity contribution in [1.29, 1.82) is 0 Å². The van der Waals surface area contributed by atoms with Crippen molar-refractivity contribution in [3.8, 4) is 0 Å². The number of hydrogen-bond donors (Lipinski definition) is 0. The largest absolute Gasteiger partial charge is 0.264 e. The molecule has 1 aromatic heterocycles. The van der Waals surface area contributed by atoms with E-state index in [1.807, 2.05) is 48.8 Å². The van der Waals surface area contributed by atoms with Crippen molar-refractivity contribution in [2.75, 3.05) is 0 Å². The Bertz CT molecular complexity index is 513. The van der Waals surface area contributed by atoms with Crippen molar-refractivity contribution in [2.45, 2.75) is 0 Å². The molecule has 0 aliphatic rings. The molecule has 3 aromatic rings. The number of pyridine rings is 1. The zero-order valence-corrected chi connectivity index (χ0v) is 11.6. The minimum Gasteiger partial charge on any atom is -0.264 e. The Morgan fingerprint density at radius 3 is 1.94 bits per heavy atom. The van der Waals surface area contributed by atoms with Crippen LogP contribution in [0.25, 0.3) is 10.8 Å². The fourth-order valence-electron chi connectivity index (χ4n) is 1.43. The van der Waals surface area contributed by atoms with E-state index in [2.05, 4.69) is 48.1 Å². The van der Waals surface area contributed by atoms with Gasteiger partial charge < -0.3 is 0 Å². The Kier molecular flexibility index (Phi) is 4.43. The molecule has 86 valence electrons. The van der Waals surface area contributed by atoms with Crippen LogP contribution < -0.4 is 4.08 Å². The van der Waals surface area contributed by atoms with E-state index in [9.17, 15) is 0 Å². The predicted molar refractivity (Wildman–Crippen MR) is 67.8 cm³/mol. The average Bonchev–Trinajstić information content (AvgIpc) is 2.41. The molecule has 17 heavy (non-hydrogen) atoms. The molecule has 1 nitrogen and oxygen atoms in total. The summed E-state index contributed by atoms with van der Waals surface area (Å²) in [4.78, 5) is 4.01. The smallest absolute Gasteiger partial charge is 0.0346 e. The summed E-state index contributed by atoms with van der Waals surface area (Å²) in [5.41, 5.74) is 0. The van der Waals surface area contributed by atoms with Crippen molar-refractivity contribution in [3.05, 3.63) is 73.1 Å². The first kappa shape index (κ1) is 12.0. The van der Waals surface area contributed by atoms with E-state index >= 15 is 0 Å². The van der Waals surface area contributed by atoms with Gasteiger partial charge in [-0.05, 0) is 16.8 Å². The first-order chi connectivity index (χ1) is 8.36. The molecule has 0 amide bonds. The second-order valence-electron chi connectivity index (χ2n) is 3.49. The standard InChI is InChI=1S/C9H7N.C6H5.Ir/c1-2-4-9-7-10-6-5-8(9)3-1;1-2-4-6-5-3-1;/h1-7H;1-5H;. The number of benzene rings is 2. The molecule has 0 aliphatic heterocycles. The van der Waals surface area contributed by atoms with Crippen LogP contribution in [0, 0.1) is 0 Å². The van der Waals surface area contributed by atoms with Gasteiger partial charge in [0.05, 0.1) is 0 Å². The Labute approximate surface area is 112 Å². The van der Waals surface area contributed by atoms with Gasteiger partial charge in [0, 0.05) is 12.4 Å². The molecule has 2 heteroatoms. The maximum Gasteiger partial charge on any atom is 0.0346 e. The van der Waals surface area contributed by atoms with Crippen molar-refractivity contribution >= 4 is 14.8 Å². The van der Waals surface area contributed by atoms with E-state index in [0.29, 0.717) is 0 Å². The molecule has 0 bridgehead atoms. The SMILES string of the molecule is [Ir][c]1ccccc1.c1ccc2cnccc2c1. The summed E-state index contributed by atoms with van der Waals surface area (Å²) in [5.74, 6) is 0. The van der Waals surface area contributed by atoms with Gasteiger partial charge in [-0.15, -0.1) is 0 Å².